The summed E-state index contributed by atoms with van der Waals surface area (Å²) in [6.45, 7) is 6.76. The topological polar surface area (TPSA) is 58.6 Å². The van der Waals surface area contributed by atoms with Gasteiger partial charge in [-0.05, 0) is 30.9 Å². The summed E-state index contributed by atoms with van der Waals surface area (Å²) in [5.41, 5.74) is 0.422. The van der Waals surface area contributed by atoms with Gasteiger partial charge in [-0.25, -0.2) is 0 Å². The zero-order chi connectivity index (χ0) is 14.7. The Morgan fingerprint density at radius 3 is 2.71 bits per heavy atom. The van der Waals surface area contributed by atoms with Crippen LogP contribution in [0.3, 0.4) is 0 Å². The molecule has 2 saturated heterocycles. The summed E-state index contributed by atoms with van der Waals surface area (Å²) in [6, 6.07) is 3.71. The largest absolute Gasteiger partial charge is 0.378 e. The second kappa shape index (κ2) is 6.39. The van der Waals surface area contributed by atoms with Crippen LogP contribution in [0.2, 0.25) is 0 Å². The summed E-state index contributed by atoms with van der Waals surface area (Å²) in [7, 11) is 0. The molecule has 1 aromatic rings. The lowest BCUT2D eigenvalue weighted by Crippen LogP contribution is -2.41. The molecule has 3 heterocycles. The van der Waals surface area contributed by atoms with Crippen molar-refractivity contribution < 1.29 is 9.53 Å². The number of ether oxygens (including phenoxy) is 1. The van der Waals surface area contributed by atoms with Crippen molar-refractivity contribution in [2.45, 2.75) is 19.8 Å². The molecule has 1 unspecified atom stereocenters. The second-order valence-corrected chi connectivity index (χ2v) is 5.87. The Morgan fingerprint density at radius 2 is 2.05 bits per heavy atom. The average molecular weight is 290 g/mol. The molecular formula is C15H22N4O2. The first-order chi connectivity index (χ1) is 10.2. The first-order valence-electron chi connectivity index (χ1n) is 7.70. The number of morpholine rings is 1. The van der Waals surface area contributed by atoms with E-state index in [1.54, 1.807) is 11.0 Å². The quantitative estimate of drug-likeness (QED) is 0.819. The monoisotopic (exact) mass is 290 g/mol. The molecule has 1 aromatic heterocycles. The Hall–Kier alpha value is -1.69. The number of aromatic nitrogens is 2. The maximum absolute atomic E-state index is 12.3. The van der Waals surface area contributed by atoms with E-state index in [1.165, 1.54) is 12.8 Å². The smallest absolute Gasteiger partial charge is 0.274 e. The van der Waals surface area contributed by atoms with E-state index in [9.17, 15) is 4.79 Å². The van der Waals surface area contributed by atoms with Crippen LogP contribution >= 0.6 is 0 Å². The van der Waals surface area contributed by atoms with Crippen LogP contribution in [0.5, 0.6) is 0 Å². The summed E-state index contributed by atoms with van der Waals surface area (Å²) in [4.78, 5) is 16.3. The van der Waals surface area contributed by atoms with E-state index in [4.69, 9.17) is 4.74 Å². The van der Waals surface area contributed by atoms with Gasteiger partial charge in [0.25, 0.3) is 5.91 Å². The zero-order valence-electron chi connectivity index (χ0n) is 12.5. The Morgan fingerprint density at radius 1 is 1.24 bits per heavy atom. The fraction of sp³-hybridized carbons (Fsp3) is 0.667. The van der Waals surface area contributed by atoms with Crippen LogP contribution in [0.4, 0.5) is 5.82 Å². The van der Waals surface area contributed by atoms with Gasteiger partial charge in [-0.15, -0.1) is 10.2 Å². The molecule has 1 atom stereocenters. The van der Waals surface area contributed by atoms with Crippen molar-refractivity contribution in [3.63, 3.8) is 0 Å². The second-order valence-electron chi connectivity index (χ2n) is 5.87. The van der Waals surface area contributed by atoms with E-state index < -0.39 is 0 Å². The van der Waals surface area contributed by atoms with Gasteiger partial charge in [-0.3, -0.25) is 4.79 Å². The van der Waals surface area contributed by atoms with Gasteiger partial charge in [0, 0.05) is 26.2 Å². The fourth-order valence-electron chi connectivity index (χ4n) is 2.93. The molecule has 0 bridgehead atoms. The average Bonchev–Trinajstić information content (AvgIpc) is 2.55. The molecule has 0 aromatic carbocycles. The van der Waals surface area contributed by atoms with Gasteiger partial charge in [0.05, 0.1) is 13.2 Å². The first-order valence-corrected chi connectivity index (χ1v) is 7.70. The summed E-state index contributed by atoms with van der Waals surface area (Å²) in [6.07, 6.45) is 2.47. The lowest BCUT2D eigenvalue weighted by atomic mass is 10.0. The molecule has 0 saturated carbocycles. The van der Waals surface area contributed by atoms with Crippen molar-refractivity contribution >= 4 is 11.7 Å². The first kappa shape index (κ1) is 14.3. The lowest BCUT2D eigenvalue weighted by Gasteiger charge is -2.31. The van der Waals surface area contributed by atoms with Gasteiger partial charge in [0.15, 0.2) is 11.5 Å². The van der Waals surface area contributed by atoms with Crippen LogP contribution in [0.25, 0.3) is 0 Å². The van der Waals surface area contributed by atoms with Crippen LogP contribution < -0.4 is 4.90 Å². The molecule has 0 N–H and O–H groups in total. The summed E-state index contributed by atoms with van der Waals surface area (Å²) in [5, 5.41) is 8.38. The van der Waals surface area contributed by atoms with Crippen molar-refractivity contribution in [2.24, 2.45) is 5.92 Å². The van der Waals surface area contributed by atoms with E-state index in [1.807, 2.05) is 6.07 Å². The van der Waals surface area contributed by atoms with Gasteiger partial charge in [-0.2, -0.15) is 0 Å². The van der Waals surface area contributed by atoms with Gasteiger partial charge in [0.2, 0.25) is 0 Å². The fourth-order valence-corrected chi connectivity index (χ4v) is 2.93. The number of rotatable bonds is 2. The molecule has 3 rings (SSSR count). The highest BCUT2D eigenvalue weighted by Crippen LogP contribution is 2.20. The van der Waals surface area contributed by atoms with Crippen molar-refractivity contribution in [1.29, 1.82) is 0 Å². The number of carbonyl (C=O) groups is 1. The van der Waals surface area contributed by atoms with Crippen LogP contribution in [0.1, 0.15) is 30.3 Å². The Labute approximate surface area is 125 Å². The maximum Gasteiger partial charge on any atom is 0.274 e. The van der Waals surface area contributed by atoms with E-state index in [0.717, 1.165) is 18.9 Å². The molecule has 6 nitrogen and oxygen atoms in total. The molecule has 2 aliphatic rings. The number of carbonyl (C=O) groups excluding carboxylic acids is 1. The molecule has 2 aliphatic heterocycles. The third-order valence-corrected chi connectivity index (χ3v) is 4.15. The number of piperidine rings is 1. The molecule has 0 spiro atoms. The minimum Gasteiger partial charge on any atom is -0.378 e. The highest BCUT2D eigenvalue weighted by molar-refractivity contribution is 5.92. The van der Waals surface area contributed by atoms with Crippen molar-refractivity contribution in [3.8, 4) is 0 Å². The third-order valence-electron chi connectivity index (χ3n) is 4.15. The number of hydrogen-bond acceptors (Lipinski definition) is 5. The highest BCUT2D eigenvalue weighted by Gasteiger charge is 2.21. The van der Waals surface area contributed by atoms with Gasteiger partial charge in [0.1, 0.15) is 0 Å². The molecule has 1 amide bonds. The highest BCUT2D eigenvalue weighted by atomic mass is 16.5. The van der Waals surface area contributed by atoms with E-state index in [-0.39, 0.29) is 5.91 Å². The van der Waals surface area contributed by atoms with Crippen LogP contribution in [-0.2, 0) is 4.74 Å². The standard InChI is InChI=1S/C15H22N4O2/c1-12-3-2-6-19(11-12)14-5-4-13(16-17-14)15(20)18-7-9-21-10-8-18/h4-5,12H,2-3,6-11H2,1H3. The Balaban J connectivity index is 1.67. The van der Waals surface area contributed by atoms with E-state index in [2.05, 4.69) is 22.0 Å². The van der Waals surface area contributed by atoms with Crippen molar-refractivity contribution in [2.75, 3.05) is 44.3 Å². The number of nitrogens with zero attached hydrogens (tertiary/aromatic N) is 4. The van der Waals surface area contributed by atoms with Crippen LogP contribution in [0, 0.1) is 5.92 Å². The van der Waals surface area contributed by atoms with Crippen molar-refractivity contribution in [3.05, 3.63) is 17.8 Å². The SMILES string of the molecule is CC1CCCN(c2ccc(C(=O)N3CCOCC3)nn2)C1. The van der Waals surface area contributed by atoms with Gasteiger partial charge < -0.3 is 14.5 Å². The molecular weight excluding hydrogens is 268 g/mol. The lowest BCUT2D eigenvalue weighted by molar-refractivity contribution is 0.0298. The van der Waals surface area contributed by atoms with Crippen LogP contribution in [-0.4, -0.2) is 60.4 Å². The van der Waals surface area contributed by atoms with Gasteiger partial charge >= 0.3 is 0 Å². The predicted octanol–water partition coefficient (Wildman–Crippen LogP) is 1.19. The summed E-state index contributed by atoms with van der Waals surface area (Å²) >= 11 is 0. The predicted molar refractivity (Wildman–Crippen MR) is 79.4 cm³/mol. The maximum atomic E-state index is 12.3. The van der Waals surface area contributed by atoms with Gasteiger partial charge in [-0.1, -0.05) is 6.92 Å². The van der Waals surface area contributed by atoms with E-state index >= 15 is 0 Å². The zero-order valence-corrected chi connectivity index (χ0v) is 12.5. The Kier molecular flexibility index (Phi) is 4.34. The minimum atomic E-state index is -0.0515. The van der Waals surface area contributed by atoms with Crippen LogP contribution in [0.15, 0.2) is 12.1 Å². The molecule has 0 radical (unpaired) electrons. The molecule has 6 heteroatoms. The molecule has 114 valence electrons. The normalized spacial score (nSPS) is 23.2. The number of amides is 1. The molecule has 21 heavy (non-hydrogen) atoms. The number of hydrogen-bond donors (Lipinski definition) is 0. The minimum absolute atomic E-state index is 0.0515. The van der Waals surface area contributed by atoms with Crippen molar-refractivity contribution in [1.82, 2.24) is 15.1 Å². The third kappa shape index (κ3) is 3.32. The summed E-state index contributed by atoms with van der Waals surface area (Å²) < 4.78 is 5.26. The molecule has 2 fully saturated rings. The molecule has 0 aliphatic carbocycles. The number of anilines is 1. The van der Waals surface area contributed by atoms with E-state index in [0.29, 0.717) is 37.9 Å². The Bertz CT molecular complexity index is 485. The summed E-state index contributed by atoms with van der Waals surface area (Å²) in [5.74, 6) is 1.51.